The topological polar surface area (TPSA) is 141 Å². The third-order valence-electron chi connectivity index (χ3n) is 7.97. The second kappa shape index (κ2) is 13.6. The van der Waals surface area contributed by atoms with Gasteiger partial charge in [-0.1, -0.05) is 73.2 Å². The Balaban J connectivity index is 1.38. The number of aryl methyl sites for hydroxylation is 3. The van der Waals surface area contributed by atoms with Gasteiger partial charge in [0, 0.05) is 41.8 Å². The Bertz CT molecular complexity index is 1610. The van der Waals surface area contributed by atoms with Gasteiger partial charge in [0.05, 0.1) is 0 Å². The third kappa shape index (κ3) is 6.86. The second-order valence-corrected chi connectivity index (χ2v) is 11.2. The number of benzene rings is 2. The zero-order valence-corrected chi connectivity index (χ0v) is 25.2. The van der Waals surface area contributed by atoms with E-state index in [9.17, 15) is 14.4 Å². The van der Waals surface area contributed by atoms with Crippen LogP contribution in [0.2, 0.25) is 0 Å². The van der Waals surface area contributed by atoms with Gasteiger partial charge in [0.1, 0.15) is 12.1 Å². The summed E-state index contributed by atoms with van der Waals surface area (Å²) in [5.41, 5.74) is 10.6. The van der Waals surface area contributed by atoms with Crippen molar-refractivity contribution in [3.05, 3.63) is 123 Å². The number of nitrogens with one attached hydrogen (secondary N) is 2. The maximum atomic E-state index is 13.8. The molecule has 4 N–H and O–H groups in total. The summed E-state index contributed by atoms with van der Waals surface area (Å²) in [5.74, 6) is -0.974. The van der Waals surface area contributed by atoms with Crippen LogP contribution < -0.4 is 21.9 Å². The minimum Gasteiger partial charge on any atom is -0.367 e. The van der Waals surface area contributed by atoms with E-state index in [1.807, 2.05) is 50.4 Å². The molecule has 1 aliphatic heterocycles. The number of aromatic nitrogens is 3. The van der Waals surface area contributed by atoms with E-state index in [-0.39, 0.29) is 17.3 Å². The average Bonchev–Trinajstić information content (AvgIpc) is 3.47. The normalized spacial score (nSPS) is 16.0. The van der Waals surface area contributed by atoms with Crippen molar-refractivity contribution >= 4 is 17.6 Å². The molecular formula is C34H38N6O4. The first kappa shape index (κ1) is 30.6. The van der Waals surface area contributed by atoms with Crippen molar-refractivity contribution in [2.45, 2.75) is 64.3 Å². The molecule has 44 heavy (non-hydrogen) atoms. The van der Waals surface area contributed by atoms with Crippen molar-refractivity contribution in [2.24, 2.45) is 5.73 Å². The van der Waals surface area contributed by atoms with Crippen LogP contribution in [-0.4, -0.2) is 39.0 Å². The van der Waals surface area contributed by atoms with Crippen LogP contribution in [0.4, 0.5) is 5.82 Å². The number of ether oxygens (including phenoxy) is 1. The fourth-order valence-corrected chi connectivity index (χ4v) is 5.46. The highest BCUT2D eigenvalue weighted by molar-refractivity contribution is 5.81. The zero-order chi connectivity index (χ0) is 31.2. The van der Waals surface area contributed by atoms with Crippen LogP contribution in [0.3, 0.4) is 0 Å². The lowest BCUT2D eigenvalue weighted by Crippen LogP contribution is -2.42. The van der Waals surface area contributed by atoms with Crippen LogP contribution in [0.5, 0.6) is 0 Å². The number of carbonyl (C=O) groups excluding carboxylic acids is 2. The molecule has 3 heterocycles. The number of hydrogen-bond donors (Lipinski definition) is 3. The van der Waals surface area contributed by atoms with Crippen molar-refractivity contribution in [3.8, 4) is 0 Å². The number of carbonyl (C=O) groups is 2. The van der Waals surface area contributed by atoms with E-state index >= 15 is 0 Å². The van der Waals surface area contributed by atoms with Crippen LogP contribution >= 0.6 is 0 Å². The number of nitrogens with zero attached hydrogens (tertiary/aromatic N) is 3. The Hall–Kier alpha value is -4.83. The highest BCUT2D eigenvalue weighted by Crippen LogP contribution is 2.28. The summed E-state index contributed by atoms with van der Waals surface area (Å²) < 4.78 is 7.46. The number of anilines is 1. The minimum absolute atomic E-state index is 0.129. The number of hydrogen-bond acceptors (Lipinski definition) is 7. The van der Waals surface area contributed by atoms with E-state index in [0.29, 0.717) is 37.1 Å². The largest absolute Gasteiger partial charge is 0.367 e. The maximum absolute atomic E-state index is 13.8. The van der Waals surface area contributed by atoms with Crippen molar-refractivity contribution < 1.29 is 14.3 Å². The van der Waals surface area contributed by atoms with E-state index in [1.165, 1.54) is 4.57 Å². The molecule has 0 aliphatic carbocycles. The molecule has 2 aromatic heterocycles. The Morgan fingerprint density at radius 1 is 0.977 bits per heavy atom. The van der Waals surface area contributed by atoms with Crippen LogP contribution in [0.25, 0.3) is 0 Å². The molecule has 0 saturated heterocycles. The molecule has 0 spiro atoms. The van der Waals surface area contributed by atoms with Crippen molar-refractivity contribution in [1.29, 1.82) is 0 Å². The van der Waals surface area contributed by atoms with E-state index in [0.717, 1.165) is 22.4 Å². The SMILES string of the molecule is CCC(OC(NC(=O)[C@@H]1CCc2cnc(NCC(c3ccc(C)cc3)c3ccc(C)cn3)c(=O)n21)c1ccccc1)C(N)=O. The van der Waals surface area contributed by atoms with E-state index in [4.69, 9.17) is 10.5 Å². The Labute approximate surface area is 256 Å². The quantitative estimate of drug-likeness (QED) is 0.210. The Morgan fingerprint density at radius 2 is 1.70 bits per heavy atom. The summed E-state index contributed by atoms with van der Waals surface area (Å²) in [4.78, 5) is 48.5. The summed E-state index contributed by atoms with van der Waals surface area (Å²) in [6.07, 6.45) is 2.98. The summed E-state index contributed by atoms with van der Waals surface area (Å²) in [5, 5.41) is 6.16. The van der Waals surface area contributed by atoms with Crippen molar-refractivity contribution in [3.63, 3.8) is 0 Å². The predicted molar refractivity (Wildman–Crippen MR) is 168 cm³/mol. The van der Waals surface area contributed by atoms with Gasteiger partial charge in [-0.15, -0.1) is 0 Å². The van der Waals surface area contributed by atoms with Crippen LogP contribution in [0.1, 0.15) is 71.6 Å². The van der Waals surface area contributed by atoms with Gasteiger partial charge in [0.25, 0.3) is 5.56 Å². The molecule has 5 rings (SSSR count). The predicted octanol–water partition coefficient (Wildman–Crippen LogP) is 4.08. The highest BCUT2D eigenvalue weighted by atomic mass is 16.5. The molecular weight excluding hydrogens is 556 g/mol. The number of amides is 2. The van der Waals surface area contributed by atoms with Crippen molar-refractivity contribution in [2.75, 3.05) is 11.9 Å². The van der Waals surface area contributed by atoms with Gasteiger partial charge >= 0.3 is 0 Å². The smallest absolute Gasteiger partial charge is 0.294 e. The van der Waals surface area contributed by atoms with Gasteiger partial charge in [0.2, 0.25) is 11.8 Å². The highest BCUT2D eigenvalue weighted by Gasteiger charge is 2.33. The molecule has 10 heteroatoms. The maximum Gasteiger partial charge on any atom is 0.294 e. The van der Waals surface area contributed by atoms with Crippen molar-refractivity contribution in [1.82, 2.24) is 19.9 Å². The molecule has 3 unspecified atom stereocenters. The Kier molecular flexibility index (Phi) is 9.50. The molecule has 4 atom stereocenters. The molecule has 0 fully saturated rings. The fraction of sp³-hybridized carbons (Fsp3) is 0.324. The molecule has 4 aromatic rings. The molecule has 2 aromatic carbocycles. The summed E-state index contributed by atoms with van der Waals surface area (Å²) in [7, 11) is 0. The average molecular weight is 595 g/mol. The van der Waals surface area contributed by atoms with Gasteiger partial charge in [-0.3, -0.25) is 23.9 Å². The monoisotopic (exact) mass is 594 g/mol. The minimum atomic E-state index is -0.919. The molecule has 0 saturated carbocycles. The molecule has 228 valence electrons. The Morgan fingerprint density at radius 3 is 2.36 bits per heavy atom. The van der Waals surface area contributed by atoms with Crippen LogP contribution in [0, 0.1) is 13.8 Å². The standard InChI is InChI=1S/C34H38N6O4/c1-4-29(30(35)41)44-33(24-8-6-5-7-9-24)39-32(42)28-17-15-25-19-37-31(34(43)40(25)28)38-20-26(23-13-10-21(2)11-14-23)27-16-12-22(3)18-36-27/h5-14,16,18-19,26,28-29,33H,4,15,17,20H2,1-3H3,(H2,35,41)(H,37,38)(H,39,42)/t26?,28-,29?,33?/m0/s1. The molecule has 2 amide bonds. The molecule has 10 nitrogen and oxygen atoms in total. The third-order valence-corrected chi connectivity index (χ3v) is 7.97. The van der Waals surface area contributed by atoms with Gasteiger partial charge in [-0.2, -0.15) is 0 Å². The number of nitrogens with two attached hydrogens (primary N) is 1. The lowest BCUT2D eigenvalue weighted by Gasteiger charge is -2.25. The van der Waals surface area contributed by atoms with E-state index in [2.05, 4.69) is 44.9 Å². The van der Waals surface area contributed by atoms with Gasteiger partial charge in [-0.05, 0) is 50.3 Å². The summed E-state index contributed by atoms with van der Waals surface area (Å²) in [6, 6.07) is 20.6. The van der Waals surface area contributed by atoms with Gasteiger partial charge in [0.15, 0.2) is 12.0 Å². The molecule has 1 aliphatic rings. The second-order valence-electron chi connectivity index (χ2n) is 11.2. The van der Waals surface area contributed by atoms with Crippen LogP contribution in [0.15, 0.2) is 83.9 Å². The lowest BCUT2D eigenvalue weighted by atomic mass is 9.94. The van der Waals surface area contributed by atoms with E-state index < -0.39 is 30.2 Å². The molecule has 0 bridgehead atoms. The summed E-state index contributed by atoms with van der Waals surface area (Å²) in [6.45, 7) is 6.20. The molecule has 0 radical (unpaired) electrons. The lowest BCUT2D eigenvalue weighted by molar-refractivity contribution is -0.141. The number of fused-ring (bicyclic) bond motifs is 1. The van der Waals surface area contributed by atoms with Crippen LogP contribution in [-0.2, 0) is 20.7 Å². The fourth-order valence-electron chi connectivity index (χ4n) is 5.46. The van der Waals surface area contributed by atoms with E-state index in [1.54, 1.807) is 25.3 Å². The number of primary amides is 1. The van der Waals surface area contributed by atoms with Gasteiger partial charge in [-0.25, -0.2) is 4.98 Å². The number of rotatable bonds is 12. The zero-order valence-electron chi connectivity index (χ0n) is 25.2. The number of pyridine rings is 1. The first-order valence-electron chi connectivity index (χ1n) is 14.9. The first-order chi connectivity index (χ1) is 21.2. The summed E-state index contributed by atoms with van der Waals surface area (Å²) >= 11 is 0. The first-order valence-corrected chi connectivity index (χ1v) is 14.9. The van der Waals surface area contributed by atoms with Gasteiger partial charge < -0.3 is 21.1 Å².